The summed E-state index contributed by atoms with van der Waals surface area (Å²) < 4.78 is 30.7. The van der Waals surface area contributed by atoms with Crippen LogP contribution < -0.4 is 0 Å². The van der Waals surface area contributed by atoms with Crippen LogP contribution in [-0.2, 0) is 11.3 Å². The third kappa shape index (κ3) is 4.81. The standard InChI is InChI=1S/C13H18F2N2O2/c1-13(2,3)19-12(18)17(4)8-9-7-16-6-5-10(9)11(14)15/h5-7,11H,8H2,1-4H3. The molecule has 0 aliphatic carbocycles. The minimum absolute atomic E-state index is 0.0302. The molecule has 1 heterocycles. The van der Waals surface area contributed by atoms with Crippen molar-refractivity contribution in [1.29, 1.82) is 0 Å². The van der Waals surface area contributed by atoms with Crippen LogP contribution in [0.15, 0.2) is 18.5 Å². The van der Waals surface area contributed by atoms with Gasteiger partial charge in [-0.15, -0.1) is 0 Å². The summed E-state index contributed by atoms with van der Waals surface area (Å²) in [5.74, 6) is 0. The van der Waals surface area contributed by atoms with E-state index in [4.69, 9.17) is 4.74 Å². The molecule has 1 aromatic rings. The maximum absolute atomic E-state index is 12.8. The molecule has 0 unspecified atom stereocenters. The van der Waals surface area contributed by atoms with E-state index in [1.165, 1.54) is 30.4 Å². The van der Waals surface area contributed by atoms with E-state index in [9.17, 15) is 13.6 Å². The smallest absolute Gasteiger partial charge is 0.410 e. The lowest BCUT2D eigenvalue weighted by Gasteiger charge is -2.25. The maximum Gasteiger partial charge on any atom is 0.410 e. The molecule has 0 saturated heterocycles. The molecular weight excluding hydrogens is 254 g/mol. The molecule has 0 radical (unpaired) electrons. The van der Waals surface area contributed by atoms with Crippen molar-refractivity contribution in [2.45, 2.75) is 39.3 Å². The molecule has 0 spiro atoms. The molecule has 6 heteroatoms. The average Bonchev–Trinajstić information content (AvgIpc) is 2.27. The Balaban J connectivity index is 2.77. The predicted molar refractivity (Wildman–Crippen MR) is 66.9 cm³/mol. The molecule has 0 aliphatic heterocycles. The van der Waals surface area contributed by atoms with E-state index in [1.54, 1.807) is 20.8 Å². The number of hydrogen-bond acceptors (Lipinski definition) is 3. The van der Waals surface area contributed by atoms with Crippen LogP contribution in [0.2, 0.25) is 0 Å². The summed E-state index contributed by atoms with van der Waals surface area (Å²) in [7, 11) is 1.50. The van der Waals surface area contributed by atoms with Crippen LogP contribution in [0.4, 0.5) is 13.6 Å². The summed E-state index contributed by atoms with van der Waals surface area (Å²) in [4.78, 5) is 16.8. The Morgan fingerprint density at radius 1 is 1.47 bits per heavy atom. The van der Waals surface area contributed by atoms with Crippen LogP contribution in [0, 0.1) is 0 Å². The van der Waals surface area contributed by atoms with Gasteiger partial charge in [0.1, 0.15) is 5.60 Å². The van der Waals surface area contributed by atoms with E-state index in [2.05, 4.69) is 4.98 Å². The number of rotatable bonds is 3. The quantitative estimate of drug-likeness (QED) is 0.847. The molecule has 4 nitrogen and oxygen atoms in total. The lowest BCUT2D eigenvalue weighted by atomic mass is 10.1. The van der Waals surface area contributed by atoms with Gasteiger partial charge < -0.3 is 9.64 Å². The van der Waals surface area contributed by atoms with Crippen LogP contribution in [-0.4, -0.2) is 28.6 Å². The van der Waals surface area contributed by atoms with Gasteiger partial charge in [-0.05, 0) is 32.4 Å². The van der Waals surface area contributed by atoms with E-state index < -0.39 is 18.1 Å². The Morgan fingerprint density at radius 3 is 2.63 bits per heavy atom. The molecule has 0 bridgehead atoms. The number of pyridine rings is 1. The number of aromatic nitrogens is 1. The first-order valence-corrected chi connectivity index (χ1v) is 5.86. The van der Waals surface area contributed by atoms with Crippen molar-refractivity contribution in [1.82, 2.24) is 9.88 Å². The number of nitrogens with zero attached hydrogens (tertiary/aromatic N) is 2. The SMILES string of the molecule is CN(Cc1cnccc1C(F)F)C(=O)OC(C)(C)C. The molecule has 0 fully saturated rings. The molecule has 1 rings (SSSR count). The highest BCUT2D eigenvalue weighted by Crippen LogP contribution is 2.23. The minimum Gasteiger partial charge on any atom is -0.444 e. The first kappa shape index (κ1) is 15.3. The minimum atomic E-state index is -2.59. The van der Waals surface area contributed by atoms with Gasteiger partial charge in [-0.3, -0.25) is 4.98 Å². The highest BCUT2D eigenvalue weighted by Gasteiger charge is 2.21. The number of carbonyl (C=O) groups excluding carboxylic acids is 1. The normalized spacial score (nSPS) is 11.5. The third-order valence-corrected chi connectivity index (χ3v) is 2.29. The molecule has 0 N–H and O–H groups in total. The molecule has 0 atom stereocenters. The lowest BCUT2D eigenvalue weighted by Crippen LogP contribution is -2.34. The van der Waals surface area contributed by atoms with E-state index in [1.807, 2.05) is 0 Å². The fourth-order valence-corrected chi connectivity index (χ4v) is 1.44. The topological polar surface area (TPSA) is 42.4 Å². The van der Waals surface area contributed by atoms with E-state index in [-0.39, 0.29) is 12.1 Å². The highest BCUT2D eigenvalue weighted by atomic mass is 19.3. The summed E-state index contributed by atoms with van der Waals surface area (Å²) in [6.45, 7) is 5.26. The molecular formula is C13H18F2N2O2. The number of hydrogen-bond donors (Lipinski definition) is 0. The number of amides is 1. The van der Waals surface area contributed by atoms with Gasteiger partial charge in [0, 0.05) is 25.0 Å². The molecule has 1 amide bonds. The summed E-state index contributed by atoms with van der Waals surface area (Å²) in [5.41, 5.74) is -0.428. The lowest BCUT2D eigenvalue weighted by molar-refractivity contribution is 0.0282. The van der Waals surface area contributed by atoms with Crippen molar-refractivity contribution in [3.63, 3.8) is 0 Å². The van der Waals surface area contributed by atoms with Crippen LogP contribution in [0.3, 0.4) is 0 Å². The van der Waals surface area contributed by atoms with Gasteiger partial charge in [-0.25, -0.2) is 13.6 Å². The number of ether oxygens (including phenoxy) is 1. The molecule has 1 aromatic heterocycles. The number of alkyl halides is 2. The second-order valence-corrected chi connectivity index (χ2v) is 5.21. The van der Waals surface area contributed by atoms with Crippen molar-refractivity contribution in [2.75, 3.05) is 7.05 Å². The number of carbonyl (C=O) groups is 1. The van der Waals surface area contributed by atoms with Gasteiger partial charge in [-0.2, -0.15) is 0 Å². The largest absolute Gasteiger partial charge is 0.444 e. The molecule has 0 saturated carbocycles. The average molecular weight is 272 g/mol. The molecule has 0 aliphatic rings. The zero-order valence-corrected chi connectivity index (χ0v) is 11.5. The zero-order chi connectivity index (χ0) is 14.6. The zero-order valence-electron chi connectivity index (χ0n) is 11.5. The molecule has 0 aromatic carbocycles. The molecule has 19 heavy (non-hydrogen) atoms. The first-order valence-electron chi connectivity index (χ1n) is 5.86. The highest BCUT2D eigenvalue weighted by molar-refractivity contribution is 5.67. The maximum atomic E-state index is 12.8. The summed E-state index contributed by atoms with van der Waals surface area (Å²) in [5, 5.41) is 0. The Bertz CT molecular complexity index is 445. The van der Waals surface area contributed by atoms with Crippen LogP contribution in [0.5, 0.6) is 0 Å². The van der Waals surface area contributed by atoms with Crippen LogP contribution in [0.1, 0.15) is 38.3 Å². The first-order chi connectivity index (χ1) is 8.70. The van der Waals surface area contributed by atoms with Crippen molar-refractivity contribution >= 4 is 6.09 Å². The Morgan fingerprint density at radius 2 is 2.11 bits per heavy atom. The van der Waals surface area contributed by atoms with E-state index >= 15 is 0 Å². The van der Waals surface area contributed by atoms with Crippen LogP contribution >= 0.6 is 0 Å². The second-order valence-electron chi connectivity index (χ2n) is 5.21. The van der Waals surface area contributed by atoms with E-state index in [0.717, 1.165) is 0 Å². The van der Waals surface area contributed by atoms with Gasteiger partial charge in [-0.1, -0.05) is 0 Å². The van der Waals surface area contributed by atoms with Gasteiger partial charge in [0.05, 0.1) is 6.54 Å². The fraction of sp³-hybridized carbons (Fsp3) is 0.538. The second kappa shape index (κ2) is 5.95. The summed E-state index contributed by atoms with van der Waals surface area (Å²) in [6.07, 6.45) is -0.512. The Hall–Kier alpha value is -1.72. The Labute approximate surface area is 111 Å². The van der Waals surface area contributed by atoms with Crippen molar-refractivity contribution < 1.29 is 18.3 Å². The van der Waals surface area contributed by atoms with Gasteiger partial charge in [0.25, 0.3) is 6.43 Å². The summed E-state index contributed by atoms with van der Waals surface area (Å²) >= 11 is 0. The molecule has 106 valence electrons. The van der Waals surface area contributed by atoms with Gasteiger partial charge in [0.15, 0.2) is 0 Å². The van der Waals surface area contributed by atoms with E-state index in [0.29, 0.717) is 5.56 Å². The third-order valence-electron chi connectivity index (χ3n) is 2.29. The van der Waals surface area contributed by atoms with Crippen molar-refractivity contribution in [3.8, 4) is 0 Å². The predicted octanol–water partition coefficient (Wildman–Crippen LogP) is 3.39. The monoisotopic (exact) mass is 272 g/mol. The van der Waals surface area contributed by atoms with Gasteiger partial charge in [0.2, 0.25) is 0 Å². The van der Waals surface area contributed by atoms with Gasteiger partial charge >= 0.3 is 6.09 Å². The van der Waals surface area contributed by atoms with Crippen molar-refractivity contribution in [2.24, 2.45) is 0 Å². The summed E-state index contributed by atoms with van der Waals surface area (Å²) in [6, 6.07) is 1.25. The van der Waals surface area contributed by atoms with Crippen molar-refractivity contribution in [3.05, 3.63) is 29.6 Å². The fourth-order valence-electron chi connectivity index (χ4n) is 1.44. The Kier molecular flexibility index (Phi) is 4.80. The van der Waals surface area contributed by atoms with Crippen LogP contribution in [0.25, 0.3) is 0 Å². The number of halogens is 2.